The van der Waals surface area contributed by atoms with E-state index in [0.29, 0.717) is 17.6 Å². The quantitative estimate of drug-likeness (QED) is 0.911. The number of ether oxygens (including phenoxy) is 1. The third-order valence-electron chi connectivity index (χ3n) is 3.25. The molecule has 5 heteroatoms. The standard InChI is InChI=1S/C13H16ClNO3/c1-15(11-4-5-18-8-11)7-10-3-2-9(13(16)17)6-12(10)14/h2-3,6,11H,4-5,7-8H2,1H3,(H,16,17). The molecule has 1 N–H and O–H groups in total. The van der Waals surface area contributed by atoms with Crippen molar-refractivity contribution in [2.24, 2.45) is 0 Å². The van der Waals surface area contributed by atoms with Crippen LogP contribution in [-0.4, -0.2) is 42.3 Å². The number of hydrogen-bond acceptors (Lipinski definition) is 3. The van der Waals surface area contributed by atoms with Gasteiger partial charge in [-0.15, -0.1) is 0 Å². The topological polar surface area (TPSA) is 49.8 Å². The molecule has 1 heterocycles. The van der Waals surface area contributed by atoms with Gasteiger partial charge in [0.05, 0.1) is 12.2 Å². The second-order valence-corrected chi connectivity index (χ2v) is 4.95. The highest BCUT2D eigenvalue weighted by molar-refractivity contribution is 6.31. The zero-order valence-corrected chi connectivity index (χ0v) is 11.0. The lowest BCUT2D eigenvalue weighted by molar-refractivity contribution is 0.0697. The zero-order chi connectivity index (χ0) is 13.1. The van der Waals surface area contributed by atoms with Crippen LogP contribution >= 0.6 is 11.6 Å². The summed E-state index contributed by atoms with van der Waals surface area (Å²) in [5, 5.41) is 9.37. The number of likely N-dealkylation sites (N-methyl/N-ethyl adjacent to an activating group) is 1. The van der Waals surface area contributed by atoms with Crippen LogP contribution in [0.15, 0.2) is 18.2 Å². The highest BCUT2D eigenvalue weighted by Gasteiger charge is 2.21. The van der Waals surface area contributed by atoms with Gasteiger partial charge in [0.25, 0.3) is 0 Å². The first-order valence-corrected chi connectivity index (χ1v) is 6.25. The average molecular weight is 270 g/mol. The second-order valence-electron chi connectivity index (χ2n) is 4.54. The molecule has 1 aliphatic heterocycles. The molecule has 98 valence electrons. The lowest BCUT2D eigenvalue weighted by Gasteiger charge is -2.23. The van der Waals surface area contributed by atoms with Crippen molar-refractivity contribution < 1.29 is 14.6 Å². The van der Waals surface area contributed by atoms with Crippen molar-refractivity contribution in [2.45, 2.75) is 19.0 Å². The molecule has 1 fully saturated rings. The molecule has 18 heavy (non-hydrogen) atoms. The Kier molecular flexibility index (Phi) is 4.22. The normalized spacial score (nSPS) is 19.4. The fourth-order valence-corrected chi connectivity index (χ4v) is 2.32. The summed E-state index contributed by atoms with van der Waals surface area (Å²) >= 11 is 6.10. The van der Waals surface area contributed by atoms with Gasteiger partial charge in [0.1, 0.15) is 0 Å². The summed E-state index contributed by atoms with van der Waals surface area (Å²) in [6.07, 6.45) is 1.03. The summed E-state index contributed by atoms with van der Waals surface area (Å²) in [7, 11) is 2.03. The molecule has 1 aliphatic rings. The van der Waals surface area contributed by atoms with Crippen molar-refractivity contribution in [2.75, 3.05) is 20.3 Å². The minimum absolute atomic E-state index is 0.218. The van der Waals surface area contributed by atoms with Crippen LogP contribution in [0.4, 0.5) is 0 Å². The largest absolute Gasteiger partial charge is 0.478 e. The third kappa shape index (κ3) is 3.02. The maximum atomic E-state index is 10.8. The van der Waals surface area contributed by atoms with Crippen LogP contribution in [0.25, 0.3) is 0 Å². The number of carbonyl (C=O) groups is 1. The summed E-state index contributed by atoms with van der Waals surface area (Å²) in [5.41, 5.74) is 1.16. The molecule has 1 saturated heterocycles. The molecule has 0 spiro atoms. The lowest BCUT2D eigenvalue weighted by Crippen LogP contribution is -2.31. The molecule has 1 aromatic rings. The van der Waals surface area contributed by atoms with E-state index < -0.39 is 5.97 Å². The number of benzene rings is 1. The third-order valence-corrected chi connectivity index (χ3v) is 3.60. The van der Waals surface area contributed by atoms with Crippen molar-refractivity contribution in [1.82, 2.24) is 4.90 Å². The van der Waals surface area contributed by atoms with E-state index in [9.17, 15) is 4.79 Å². The monoisotopic (exact) mass is 269 g/mol. The predicted octanol–water partition coefficient (Wildman–Crippen LogP) is 2.26. The Labute approximate surface area is 111 Å². The first kappa shape index (κ1) is 13.3. The number of hydrogen-bond donors (Lipinski definition) is 1. The second kappa shape index (κ2) is 5.69. The maximum Gasteiger partial charge on any atom is 0.335 e. The van der Waals surface area contributed by atoms with Gasteiger partial charge in [-0.3, -0.25) is 4.90 Å². The molecule has 0 saturated carbocycles. The Morgan fingerprint density at radius 2 is 2.39 bits per heavy atom. The number of nitrogens with zero attached hydrogens (tertiary/aromatic N) is 1. The van der Waals surface area contributed by atoms with E-state index in [1.807, 2.05) is 7.05 Å². The van der Waals surface area contributed by atoms with Crippen molar-refractivity contribution in [3.63, 3.8) is 0 Å². The van der Waals surface area contributed by atoms with Gasteiger partial charge in [-0.1, -0.05) is 17.7 Å². The molecule has 0 aliphatic carbocycles. The molecular weight excluding hydrogens is 254 g/mol. The van der Waals surface area contributed by atoms with E-state index in [-0.39, 0.29) is 5.56 Å². The van der Waals surface area contributed by atoms with Gasteiger partial charge in [-0.25, -0.2) is 4.79 Å². The molecule has 1 unspecified atom stereocenters. The smallest absolute Gasteiger partial charge is 0.335 e. The van der Waals surface area contributed by atoms with Crippen LogP contribution in [0, 0.1) is 0 Å². The first-order chi connectivity index (χ1) is 8.58. The zero-order valence-electron chi connectivity index (χ0n) is 10.2. The summed E-state index contributed by atoms with van der Waals surface area (Å²) in [4.78, 5) is 13.0. The van der Waals surface area contributed by atoms with E-state index in [1.54, 1.807) is 12.1 Å². The maximum absolute atomic E-state index is 10.8. The van der Waals surface area contributed by atoms with Crippen LogP contribution in [-0.2, 0) is 11.3 Å². The van der Waals surface area contributed by atoms with Gasteiger partial charge in [-0.2, -0.15) is 0 Å². The van der Waals surface area contributed by atoms with Crippen LogP contribution in [0.1, 0.15) is 22.3 Å². The Bertz CT molecular complexity index is 444. The van der Waals surface area contributed by atoms with E-state index in [2.05, 4.69) is 4.90 Å². The minimum Gasteiger partial charge on any atom is -0.478 e. The average Bonchev–Trinajstić information content (AvgIpc) is 2.85. The first-order valence-electron chi connectivity index (χ1n) is 5.87. The van der Waals surface area contributed by atoms with Crippen molar-refractivity contribution >= 4 is 17.6 Å². The summed E-state index contributed by atoms with van der Waals surface area (Å²) in [5.74, 6) is -0.957. The van der Waals surface area contributed by atoms with E-state index in [0.717, 1.165) is 25.2 Å². The van der Waals surface area contributed by atoms with E-state index in [1.165, 1.54) is 6.07 Å². The SMILES string of the molecule is CN(Cc1ccc(C(=O)O)cc1Cl)C1CCOC1. The summed E-state index contributed by atoms with van der Waals surface area (Å²) in [6.45, 7) is 2.26. The van der Waals surface area contributed by atoms with E-state index >= 15 is 0 Å². The van der Waals surface area contributed by atoms with Gasteiger partial charge in [0.15, 0.2) is 0 Å². The number of carboxylic acid groups (broad SMARTS) is 1. The molecule has 1 atom stereocenters. The molecule has 2 rings (SSSR count). The van der Waals surface area contributed by atoms with Gasteiger partial charge in [0, 0.05) is 24.2 Å². The number of carboxylic acids is 1. The van der Waals surface area contributed by atoms with Crippen LogP contribution < -0.4 is 0 Å². The molecule has 4 nitrogen and oxygen atoms in total. The molecule has 1 aromatic carbocycles. The van der Waals surface area contributed by atoms with Crippen LogP contribution in [0.2, 0.25) is 5.02 Å². The highest BCUT2D eigenvalue weighted by Crippen LogP contribution is 2.21. The predicted molar refractivity (Wildman–Crippen MR) is 69.1 cm³/mol. The Balaban J connectivity index is 2.06. The Morgan fingerprint density at radius 1 is 1.61 bits per heavy atom. The van der Waals surface area contributed by atoms with Gasteiger partial charge in [-0.05, 0) is 31.2 Å². The molecule has 0 bridgehead atoms. The molecule has 0 amide bonds. The Hall–Kier alpha value is -1.10. The van der Waals surface area contributed by atoms with Gasteiger partial charge in [0.2, 0.25) is 0 Å². The minimum atomic E-state index is -0.957. The molecule has 0 radical (unpaired) electrons. The van der Waals surface area contributed by atoms with Gasteiger partial charge < -0.3 is 9.84 Å². The number of halogens is 1. The van der Waals surface area contributed by atoms with Gasteiger partial charge >= 0.3 is 5.97 Å². The van der Waals surface area contributed by atoms with Crippen molar-refractivity contribution in [1.29, 1.82) is 0 Å². The fraction of sp³-hybridized carbons (Fsp3) is 0.462. The van der Waals surface area contributed by atoms with Crippen LogP contribution in [0.5, 0.6) is 0 Å². The number of rotatable bonds is 4. The fourth-order valence-electron chi connectivity index (χ4n) is 2.08. The van der Waals surface area contributed by atoms with Crippen molar-refractivity contribution in [3.05, 3.63) is 34.3 Å². The summed E-state index contributed by atoms with van der Waals surface area (Å²) in [6, 6.07) is 5.28. The highest BCUT2D eigenvalue weighted by atomic mass is 35.5. The lowest BCUT2D eigenvalue weighted by atomic mass is 10.1. The molecule has 0 aromatic heterocycles. The number of aromatic carboxylic acids is 1. The van der Waals surface area contributed by atoms with Crippen molar-refractivity contribution in [3.8, 4) is 0 Å². The summed E-state index contributed by atoms with van der Waals surface area (Å²) < 4.78 is 5.34. The van der Waals surface area contributed by atoms with E-state index in [4.69, 9.17) is 21.4 Å². The Morgan fingerprint density at radius 3 is 2.94 bits per heavy atom. The molecular formula is C13H16ClNO3. The van der Waals surface area contributed by atoms with Crippen LogP contribution in [0.3, 0.4) is 0 Å².